The summed E-state index contributed by atoms with van der Waals surface area (Å²) in [5.41, 5.74) is 0.757. The molecule has 0 fully saturated rings. The van der Waals surface area contributed by atoms with Crippen molar-refractivity contribution in [2.75, 3.05) is 13.2 Å². The van der Waals surface area contributed by atoms with Gasteiger partial charge in [-0.05, 0) is 38.5 Å². The second-order valence-corrected chi connectivity index (χ2v) is 5.16. The molecule has 0 aliphatic heterocycles. The molecule has 0 saturated heterocycles. The normalized spacial score (nSPS) is 10.4. The minimum absolute atomic E-state index is 0.0720. The van der Waals surface area contributed by atoms with E-state index in [9.17, 15) is 9.59 Å². The molecule has 1 heterocycles. The first-order valence-corrected chi connectivity index (χ1v) is 7.66. The lowest BCUT2D eigenvalue weighted by molar-refractivity contribution is 0.0716. The van der Waals surface area contributed by atoms with Crippen LogP contribution in [0.2, 0.25) is 0 Å². The minimum Gasteiger partial charge on any atom is -0.494 e. The van der Waals surface area contributed by atoms with Crippen LogP contribution in [-0.4, -0.2) is 24.0 Å². The Bertz CT molecular complexity index is 719. The fraction of sp³-hybridized carbons (Fsp3) is 0.333. The maximum absolute atomic E-state index is 12.5. The molecule has 0 unspecified atom stereocenters. The maximum atomic E-state index is 12.5. The quantitative estimate of drug-likeness (QED) is 0.822. The van der Waals surface area contributed by atoms with Gasteiger partial charge in [0, 0.05) is 25.2 Å². The third-order valence-corrected chi connectivity index (χ3v) is 3.38. The molecule has 1 aromatic carbocycles. The molecule has 0 spiro atoms. The van der Waals surface area contributed by atoms with Crippen LogP contribution in [0.1, 0.15) is 35.7 Å². The number of benzene rings is 1. The zero-order valence-electron chi connectivity index (χ0n) is 13.7. The Morgan fingerprint density at radius 2 is 1.87 bits per heavy atom. The van der Waals surface area contributed by atoms with Crippen molar-refractivity contribution in [3.05, 3.63) is 63.7 Å². The molecular weight excluding hydrogens is 294 g/mol. The SMILES string of the molecule is CCOc1ccc(CN(CC)C(=O)c2cc(=O)cc(C)o2)cc1. The van der Waals surface area contributed by atoms with Gasteiger partial charge in [0.05, 0.1) is 6.61 Å². The summed E-state index contributed by atoms with van der Waals surface area (Å²) in [6.45, 7) is 7.05. The van der Waals surface area contributed by atoms with Crippen molar-refractivity contribution in [1.29, 1.82) is 0 Å². The number of carbonyl (C=O) groups excluding carboxylic acids is 1. The number of amides is 1. The van der Waals surface area contributed by atoms with Gasteiger partial charge in [-0.1, -0.05) is 12.1 Å². The summed E-state index contributed by atoms with van der Waals surface area (Å²) in [4.78, 5) is 25.7. The highest BCUT2D eigenvalue weighted by molar-refractivity contribution is 5.91. The van der Waals surface area contributed by atoms with Gasteiger partial charge in [0.1, 0.15) is 11.5 Å². The maximum Gasteiger partial charge on any atom is 0.289 e. The Kier molecular flexibility index (Phi) is 5.57. The second kappa shape index (κ2) is 7.63. The molecule has 2 aromatic rings. The number of aryl methyl sites for hydroxylation is 1. The standard InChI is InChI=1S/C18H21NO4/c1-4-19(12-14-6-8-16(9-7-14)22-5-2)18(21)17-11-15(20)10-13(3)23-17/h6-11H,4-5,12H2,1-3H3. The van der Waals surface area contributed by atoms with Crippen molar-refractivity contribution < 1.29 is 13.9 Å². The Balaban J connectivity index is 2.15. The fourth-order valence-corrected chi connectivity index (χ4v) is 2.27. The van der Waals surface area contributed by atoms with Crippen LogP contribution in [-0.2, 0) is 6.54 Å². The summed E-state index contributed by atoms with van der Waals surface area (Å²) in [5, 5.41) is 0. The summed E-state index contributed by atoms with van der Waals surface area (Å²) in [6, 6.07) is 10.2. The number of hydrogen-bond acceptors (Lipinski definition) is 4. The van der Waals surface area contributed by atoms with E-state index in [1.165, 1.54) is 12.1 Å². The van der Waals surface area contributed by atoms with Crippen LogP contribution in [0.5, 0.6) is 5.75 Å². The number of rotatable bonds is 6. The van der Waals surface area contributed by atoms with E-state index in [-0.39, 0.29) is 17.1 Å². The molecule has 0 radical (unpaired) electrons. The van der Waals surface area contributed by atoms with Crippen LogP contribution in [0, 0.1) is 6.92 Å². The molecule has 5 heteroatoms. The molecule has 23 heavy (non-hydrogen) atoms. The van der Waals surface area contributed by atoms with Crippen LogP contribution in [0.15, 0.2) is 45.6 Å². The van der Waals surface area contributed by atoms with E-state index in [1.807, 2.05) is 38.1 Å². The van der Waals surface area contributed by atoms with Crippen molar-refractivity contribution in [2.24, 2.45) is 0 Å². The Morgan fingerprint density at radius 3 is 2.43 bits per heavy atom. The minimum atomic E-state index is -0.290. The van der Waals surface area contributed by atoms with Gasteiger partial charge in [-0.2, -0.15) is 0 Å². The lowest BCUT2D eigenvalue weighted by atomic mass is 10.2. The highest BCUT2D eigenvalue weighted by Gasteiger charge is 2.18. The van der Waals surface area contributed by atoms with Crippen LogP contribution in [0.3, 0.4) is 0 Å². The number of carbonyl (C=O) groups is 1. The van der Waals surface area contributed by atoms with Crippen LogP contribution >= 0.6 is 0 Å². The summed E-state index contributed by atoms with van der Waals surface area (Å²) in [5.74, 6) is 1.01. The lowest BCUT2D eigenvalue weighted by Crippen LogP contribution is -2.31. The molecule has 1 aromatic heterocycles. The van der Waals surface area contributed by atoms with Gasteiger partial charge < -0.3 is 14.1 Å². The van der Waals surface area contributed by atoms with E-state index < -0.39 is 0 Å². The van der Waals surface area contributed by atoms with Crippen molar-refractivity contribution in [3.63, 3.8) is 0 Å². The third kappa shape index (κ3) is 4.45. The zero-order valence-corrected chi connectivity index (χ0v) is 13.7. The first kappa shape index (κ1) is 16.8. The van der Waals surface area contributed by atoms with Gasteiger partial charge in [0.25, 0.3) is 5.91 Å². The first-order chi connectivity index (χ1) is 11.0. The fourth-order valence-electron chi connectivity index (χ4n) is 2.27. The monoisotopic (exact) mass is 315 g/mol. The average Bonchev–Trinajstić information content (AvgIpc) is 2.53. The van der Waals surface area contributed by atoms with Crippen LogP contribution in [0.25, 0.3) is 0 Å². The topological polar surface area (TPSA) is 59.8 Å². The van der Waals surface area contributed by atoms with Crippen LogP contribution in [0.4, 0.5) is 0 Å². The van der Waals surface area contributed by atoms with Gasteiger partial charge in [0.15, 0.2) is 11.2 Å². The van der Waals surface area contributed by atoms with E-state index in [2.05, 4.69) is 0 Å². The molecule has 0 N–H and O–H groups in total. The predicted octanol–water partition coefficient (Wildman–Crippen LogP) is 3.01. The molecule has 2 rings (SSSR count). The highest BCUT2D eigenvalue weighted by Crippen LogP contribution is 2.15. The van der Waals surface area contributed by atoms with Crippen LogP contribution < -0.4 is 10.2 Å². The summed E-state index contributed by atoms with van der Waals surface area (Å²) < 4.78 is 10.8. The van der Waals surface area contributed by atoms with E-state index in [0.29, 0.717) is 25.5 Å². The zero-order chi connectivity index (χ0) is 16.8. The molecule has 5 nitrogen and oxygen atoms in total. The molecule has 0 aliphatic carbocycles. The largest absolute Gasteiger partial charge is 0.494 e. The van der Waals surface area contributed by atoms with E-state index in [4.69, 9.17) is 9.15 Å². The Hall–Kier alpha value is -2.56. The smallest absolute Gasteiger partial charge is 0.289 e. The Labute approximate surface area is 135 Å². The summed E-state index contributed by atoms with van der Waals surface area (Å²) in [7, 11) is 0. The predicted molar refractivity (Wildman–Crippen MR) is 87.7 cm³/mol. The van der Waals surface area contributed by atoms with Crippen molar-refractivity contribution in [2.45, 2.75) is 27.3 Å². The molecule has 0 bridgehead atoms. The molecule has 0 saturated carbocycles. The molecule has 0 atom stereocenters. The van der Waals surface area contributed by atoms with Gasteiger partial charge in [0.2, 0.25) is 0 Å². The highest BCUT2D eigenvalue weighted by atomic mass is 16.5. The Morgan fingerprint density at radius 1 is 1.17 bits per heavy atom. The summed E-state index contributed by atoms with van der Waals surface area (Å²) in [6.07, 6.45) is 0. The average molecular weight is 315 g/mol. The van der Waals surface area contributed by atoms with Gasteiger partial charge in [-0.25, -0.2) is 0 Å². The number of hydrogen-bond donors (Lipinski definition) is 0. The lowest BCUT2D eigenvalue weighted by Gasteiger charge is -2.20. The van der Waals surface area contributed by atoms with E-state index in [1.54, 1.807) is 11.8 Å². The molecule has 1 amide bonds. The number of ether oxygens (including phenoxy) is 1. The summed E-state index contributed by atoms with van der Waals surface area (Å²) >= 11 is 0. The van der Waals surface area contributed by atoms with E-state index in [0.717, 1.165) is 11.3 Å². The van der Waals surface area contributed by atoms with Crippen molar-refractivity contribution in [1.82, 2.24) is 4.90 Å². The van der Waals surface area contributed by atoms with E-state index >= 15 is 0 Å². The first-order valence-electron chi connectivity index (χ1n) is 7.66. The molecule has 122 valence electrons. The van der Waals surface area contributed by atoms with Crippen molar-refractivity contribution in [3.8, 4) is 5.75 Å². The molecular formula is C18H21NO4. The van der Waals surface area contributed by atoms with Gasteiger partial charge in [-0.15, -0.1) is 0 Å². The van der Waals surface area contributed by atoms with Crippen molar-refractivity contribution >= 4 is 5.91 Å². The van der Waals surface area contributed by atoms with Gasteiger partial charge >= 0.3 is 0 Å². The second-order valence-electron chi connectivity index (χ2n) is 5.16. The third-order valence-electron chi connectivity index (χ3n) is 3.38. The van der Waals surface area contributed by atoms with Gasteiger partial charge in [-0.3, -0.25) is 9.59 Å². The number of nitrogens with zero attached hydrogens (tertiary/aromatic N) is 1. The molecule has 0 aliphatic rings.